The van der Waals surface area contributed by atoms with E-state index in [-0.39, 0.29) is 5.56 Å². The van der Waals surface area contributed by atoms with Crippen molar-refractivity contribution in [2.75, 3.05) is 48.8 Å². The van der Waals surface area contributed by atoms with Crippen molar-refractivity contribution in [3.05, 3.63) is 70.8 Å². The summed E-state index contributed by atoms with van der Waals surface area (Å²) < 4.78 is 0. The van der Waals surface area contributed by atoms with Gasteiger partial charge < -0.3 is 25.4 Å². The fourth-order valence-corrected chi connectivity index (χ4v) is 3.90. The zero-order valence-corrected chi connectivity index (χ0v) is 18.1. The van der Waals surface area contributed by atoms with Gasteiger partial charge in [-0.3, -0.25) is 14.7 Å². The lowest BCUT2D eigenvalue weighted by Crippen LogP contribution is -2.44. The maximum Gasteiger partial charge on any atom is 0.263 e. The zero-order chi connectivity index (χ0) is 22.8. The zero-order valence-electron chi connectivity index (χ0n) is 18.1. The van der Waals surface area contributed by atoms with E-state index in [9.17, 15) is 9.59 Å². The summed E-state index contributed by atoms with van der Waals surface area (Å²) in [6.45, 7) is 3.97. The van der Waals surface area contributed by atoms with Crippen LogP contribution in [0.25, 0.3) is 11.0 Å². The van der Waals surface area contributed by atoms with Crippen LogP contribution in [0.5, 0.6) is 0 Å². The largest absolute Gasteiger partial charge is 0.369 e. The first kappa shape index (κ1) is 20.7. The predicted molar refractivity (Wildman–Crippen MR) is 128 cm³/mol. The van der Waals surface area contributed by atoms with Crippen molar-refractivity contribution >= 4 is 39.8 Å². The maximum absolute atomic E-state index is 13.0. The van der Waals surface area contributed by atoms with Crippen LogP contribution in [0.3, 0.4) is 0 Å². The number of nitrogens with zero attached hydrogens (tertiary/aromatic N) is 4. The first-order chi connectivity index (χ1) is 16.1. The number of rotatable bonds is 5. The summed E-state index contributed by atoms with van der Waals surface area (Å²) in [5.74, 6) is 0.0444. The Bertz CT molecular complexity index is 1340. The van der Waals surface area contributed by atoms with E-state index in [4.69, 9.17) is 0 Å². The van der Waals surface area contributed by atoms with Gasteiger partial charge in [0.25, 0.3) is 11.5 Å². The molecule has 4 aromatic rings. The van der Waals surface area contributed by atoms with Crippen LogP contribution in [0.1, 0.15) is 10.4 Å². The second-order valence-electron chi connectivity index (χ2n) is 7.98. The molecular weight excluding hydrogens is 420 g/mol. The molecule has 0 atom stereocenters. The number of amides is 1. The molecular formula is C23H24N8O2. The Labute approximate surface area is 189 Å². The van der Waals surface area contributed by atoms with Crippen molar-refractivity contribution in [3.8, 4) is 0 Å². The van der Waals surface area contributed by atoms with Gasteiger partial charge in [0.1, 0.15) is 11.4 Å². The predicted octanol–water partition coefficient (Wildman–Crippen LogP) is 2.39. The van der Waals surface area contributed by atoms with Crippen LogP contribution in [-0.4, -0.2) is 64.2 Å². The van der Waals surface area contributed by atoms with E-state index in [1.807, 2.05) is 30.3 Å². The summed E-state index contributed by atoms with van der Waals surface area (Å²) in [7, 11) is 2.12. The van der Waals surface area contributed by atoms with Gasteiger partial charge in [-0.15, -0.1) is 0 Å². The number of hydrogen-bond acceptors (Lipinski definition) is 7. The molecule has 3 aromatic heterocycles. The number of aromatic amines is 2. The van der Waals surface area contributed by atoms with Gasteiger partial charge in [0.05, 0.1) is 11.1 Å². The Balaban J connectivity index is 1.35. The highest BCUT2D eigenvalue weighted by atomic mass is 16.2. The summed E-state index contributed by atoms with van der Waals surface area (Å²) in [6, 6.07) is 12.9. The highest BCUT2D eigenvalue weighted by molar-refractivity contribution is 6.08. The van der Waals surface area contributed by atoms with Crippen LogP contribution in [-0.2, 0) is 0 Å². The molecule has 0 radical (unpaired) electrons. The average Bonchev–Trinajstić information content (AvgIpc) is 3.23. The Morgan fingerprint density at radius 1 is 1.06 bits per heavy atom. The van der Waals surface area contributed by atoms with Crippen LogP contribution in [0, 0.1) is 0 Å². The van der Waals surface area contributed by atoms with Gasteiger partial charge in [-0.1, -0.05) is 0 Å². The Morgan fingerprint density at radius 2 is 1.85 bits per heavy atom. The third-order valence-electron chi connectivity index (χ3n) is 5.77. The van der Waals surface area contributed by atoms with Crippen molar-refractivity contribution in [1.82, 2.24) is 25.1 Å². The highest BCUT2D eigenvalue weighted by Crippen LogP contribution is 2.24. The summed E-state index contributed by atoms with van der Waals surface area (Å²) in [5, 5.41) is 13.7. The van der Waals surface area contributed by atoms with Gasteiger partial charge in [0.15, 0.2) is 5.65 Å². The number of aromatic nitrogens is 4. The molecule has 4 heterocycles. The number of nitrogens with one attached hydrogen (secondary N) is 4. The minimum Gasteiger partial charge on any atom is -0.369 e. The molecule has 1 aliphatic rings. The third kappa shape index (κ3) is 4.28. The second-order valence-corrected chi connectivity index (χ2v) is 7.98. The number of pyridine rings is 2. The quantitative estimate of drug-likeness (QED) is 0.373. The molecule has 1 aliphatic heterocycles. The van der Waals surface area contributed by atoms with Gasteiger partial charge in [0.2, 0.25) is 0 Å². The average molecular weight is 444 g/mol. The lowest BCUT2D eigenvalue weighted by molar-refractivity contribution is 0.102. The lowest BCUT2D eigenvalue weighted by atomic mass is 10.2. The van der Waals surface area contributed by atoms with Crippen LogP contribution >= 0.6 is 0 Å². The van der Waals surface area contributed by atoms with E-state index < -0.39 is 11.5 Å². The summed E-state index contributed by atoms with van der Waals surface area (Å²) in [5.41, 5.74) is 2.11. The minimum atomic E-state index is -0.506. The molecule has 5 rings (SSSR count). The molecule has 0 saturated carbocycles. The van der Waals surface area contributed by atoms with Crippen LogP contribution < -0.4 is 21.1 Å². The molecule has 10 nitrogen and oxygen atoms in total. The van der Waals surface area contributed by atoms with Gasteiger partial charge in [-0.05, 0) is 49.5 Å². The normalized spacial score (nSPS) is 14.4. The maximum atomic E-state index is 13.0. The Hall–Kier alpha value is -4.18. The number of carbonyl (C=O) groups excluding carboxylic acids is 1. The standard InChI is InChI=1S/C23H24N8O2/c1-30-11-13-31(14-12-30)16-6-4-15(5-7-16)26-23(33)19-18(8-10-25-22(19)32)27-21-17-3-2-9-24-20(17)28-29-21/h2-10H,11-14H2,1H3,(H,26,33)(H3,24,25,27,28,29,32). The number of carbonyl (C=O) groups is 1. The van der Waals surface area contributed by atoms with E-state index in [1.54, 1.807) is 18.3 Å². The molecule has 10 heteroatoms. The van der Waals surface area contributed by atoms with E-state index in [0.717, 1.165) is 37.3 Å². The number of benzene rings is 1. The van der Waals surface area contributed by atoms with Crippen LogP contribution in [0.4, 0.5) is 22.9 Å². The first-order valence-electron chi connectivity index (χ1n) is 10.7. The SMILES string of the molecule is CN1CCN(c2ccc(NC(=O)c3c(Nc4[nH]nc5ncccc45)cc[nH]c3=O)cc2)CC1. The van der Waals surface area contributed by atoms with Crippen LogP contribution in [0.15, 0.2) is 59.7 Å². The third-order valence-corrected chi connectivity index (χ3v) is 5.77. The molecule has 4 N–H and O–H groups in total. The number of piperazine rings is 1. The van der Waals surface area contributed by atoms with E-state index in [1.165, 1.54) is 6.20 Å². The fourth-order valence-electron chi connectivity index (χ4n) is 3.90. The van der Waals surface area contributed by atoms with E-state index in [2.05, 4.69) is 47.6 Å². The van der Waals surface area contributed by atoms with E-state index in [0.29, 0.717) is 22.8 Å². The number of anilines is 4. The van der Waals surface area contributed by atoms with Crippen molar-refractivity contribution in [2.45, 2.75) is 0 Å². The molecule has 0 aliphatic carbocycles. The molecule has 1 amide bonds. The molecule has 1 aromatic carbocycles. The fraction of sp³-hybridized carbons (Fsp3) is 0.217. The van der Waals surface area contributed by atoms with Gasteiger partial charge >= 0.3 is 0 Å². The second kappa shape index (κ2) is 8.75. The summed E-state index contributed by atoms with van der Waals surface area (Å²) in [4.78, 5) is 37.0. The molecule has 0 bridgehead atoms. The monoisotopic (exact) mass is 444 g/mol. The molecule has 168 valence electrons. The number of H-pyrrole nitrogens is 2. The smallest absolute Gasteiger partial charge is 0.263 e. The van der Waals surface area contributed by atoms with Crippen molar-refractivity contribution in [2.24, 2.45) is 0 Å². The Kier molecular flexibility index (Phi) is 5.49. The molecule has 0 spiro atoms. The number of likely N-dealkylation sites (N-methyl/N-ethyl adjacent to an activating group) is 1. The Morgan fingerprint density at radius 3 is 2.64 bits per heavy atom. The molecule has 1 fully saturated rings. The molecule has 1 saturated heterocycles. The van der Waals surface area contributed by atoms with Crippen LogP contribution in [0.2, 0.25) is 0 Å². The number of fused-ring (bicyclic) bond motifs is 1. The van der Waals surface area contributed by atoms with Crippen molar-refractivity contribution in [1.29, 1.82) is 0 Å². The van der Waals surface area contributed by atoms with Crippen molar-refractivity contribution < 1.29 is 4.79 Å². The molecule has 0 unspecified atom stereocenters. The molecule has 33 heavy (non-hydrogen) atoms. The number of hydrogen-bond donors (Lipinski definition) is 4. The van der Waals surface area contributed by atoms with Crippen molar-refractivity contribution in [3.63, 3.8) is 0 Å². The van der Waals surface area contributed by atoms with E-state index >= 15 is 0 Å². The first-order valence-corrected chi connectivity index (χ1v) is 10.7. The van der Waals surface area contributed by atoms with Gasteiger partial charge in [-0.25, -0.2) is 4.98 Å². The summed E-state index contributed by atoms with van der Waals surface area (Å²) >= 11 is 0. The highest BCUT2D eigenvalue weighted by Gasteiger charge is 2.19. The minimum absolute atomic E-state index is 0.0210. The topological polar surface area (TPSA) is 122 Å². The lowest BCUT2D eigenvalue weighted by Gasteiger charge is -2.34. The van der Waals surface area contributed by atoms with Gasteiger partial charge in [-0.2, -0.15) is 5.10 Å². The summed E-state index contributed by atoms with van der Waals surface area (Å²) in [6.07, 6.45) is 3.14. The van der Waals surface area contributed by atoms with Gasteiger partial charge in [0, 0.05) is 49.9 Å².